The van der Waals surface area contributed by atoms with Gasteiger partial charge in [-0.15, -0.1) is 0 Å². The third-order valence-corrected chi connectivity index (χ3v) is 26.4. The molecule has 0 nitrogen and oxygen atoms in total. The number of allylic oxidation sites excluding steroid dienone is 1. The molecule has 0 unspecified atom stereocenters. The van der Waals surface area contributed by atoms with Crippen molar-refractivity contribution in [3.05, 3.63) is 19.7 Å². The zero-order valence-electron chi connectivity index (χ0n) is 11.3. The number of rotatable bonds is 2. The van der Waals surface area contributed by atoms with E-state index in [0.29, 0.717) is 14.5 Å². The summed E-state index contributed by atoms with van der Waals surface area (Å²) in [6.07, 6.45) is 3.93. The van der Waals surface area contributed by atoms with Crippen LogP contribution in [-0.4, -0.2) is 51.3 Å². The summed E-state index contributed by atoms with van der Waals surface area (Å²) < 4.78 is 5.49. The van der Waals surface area contributed by atoms with Crippen molar-refractivity contribution in [2.45, 2.75) is 36.1 Å². The summed E-state index contributed by atoms with van der Waals surface area (Å²) in [5.74, 6) is 0. The van der Waals surface area contributed by atoms with E-state index in [1.54, 1.807) is 10.0 Å². The molecule has 2 rings (SSSR count). The van der Waals surface area contributed by atoms with E-state index >= 15 is 0 Å². The summed E-state index contributed by atoms with van der Waals surface area (Å²) in [7, 11) is 0. The first-order chi connectivity index (χ1) is 7.18. The van der Waals surface area contributed by atoms with Crippen LogP contribution in [0, 0.1) is 0 Å². The Bertz CT molecular complexity index is 441. The number of hydrogen-bond acceptors (Lipinski definition) is 0. The van der Waals surface area contributed by atoms with Gasteiger partial charge in [-0.2, -0.15) is 0 Å². The molecule has 1 aromatic rings. The average molecular weight is 495 g/mol. The van der Waals surface area contributed by atoms with E-state index in [1.807, 2.05) is 6.04 Å². The topological polar surface area (TPSA) is 0 Å². The van der Waals surface area contributed by atoms with Crippen LogP contribution in [0.4, 0.5) is 0 Å². The molecule has 0 spiro atoms. The van der Waals surface area contributed by atoms with Crippen molar-refractivity contribution >= 4 is 59.8 Å². The van der Waals surface area contributed by atoms with E-state index in [2.05, 4.69) is 41.8 Å². The van der Waals surface area contributed by atoms with Crippen molar-refractivity contribution in [2.24, 2.45) is 0 Å². The molecule has 1 aliphatic rings. The Balaban J connectivity index is 2.33. The first kappa shape index (κ1) is 13.8. The monoisotopic (exact) mass is 498 g/mol. The molecule has 1 aliphatic carbocycles. The van der Waals surface area contributed by atoms with Crippen LogP contribution in [0.3, 0.4) is 0 Å². The zero-order valence-corrected chi connectivity index (χ0v) is 18.7. The van der Waals surface area contributed by atoms with Crippen LogP contribution in [0.1, 0.15) is 10.0 Å². The van der Waals surface area contributed by atoms with Gasteiger partial charge in [-0.3, -0.25) is 0 Å². The summed E-state index contributed by atoms with van der Waals surface area (Å²) in [5.41, 5.74) is 1.71. The van der Waals surface area contributed by atoms with Gasteiger partial charge in [0.2, 0.25) is 0 Å². The van der Waals surface area contributed by atoms with Gasteiger partial charge in [0.25, 0.3) is 0 Å². The molecule has 0 saturated heterocycles. The molecule has 0 saturated carbocycles. The molecule has 88 valence electrons. The maximum atomic E-state index is 2.60. The number of hydrogen-bond donors (Lipinski definition) is 0. The minimum atomic E-state index is -1.76. The van der Waals surface area contributed by atoms with E-state index in [0.717, 1.165) is 0 Å². The first-order valence-electron chi connectivity index (χ1n) is 6.02. The summed E-state index contributed by atoms with van der Waals surface area (Å²) in [6.45, 7) is 0. The van der Waals surface area contributed by atoms with Crippen LogP contribution in [0.15, 0.2) is 9.66 Å². The number of fused-ring (bicyclic) bond motifs is 1. The second kappa shape index (κ2) is 4.46. The van der Waals surface area contributed by atoms with Crippen molar-refractivity contribution in [1.82, 2.24) is 0 Å². The third-order valence-electron chi connectivity index (χ3n) is 3.23. The van der Waals surface area contributed by atoms with Gasteiger partial charge >= 0.3 is 116 Å². The molecule has 0 N–H and O–H groups in total. The van der Waals surface area contributed by atoms with E-state index in [1.165, 1.54) is 6.42 Å². The van der Waals surface area contributed by atoms with Gasteiger partial charge < -0.3 is 0 Å². The molecule has 3 heteroatoms. The van der Waals surface area contributed by atoms with Crippen molar-refractivity contribution < 1.29 is 0 Å². The van der Waals surface area contributed by atoms with Crippen molar-refractivity contribution in [2.75, 3.05) is 0 Å². The van der Waals surface area contributed by atoms with Crippen LogP contribution < -0.4 is 2.45 Å². The molecule has 0 bridgehead atoms. The van der Waals surface area contributed by atoms with Crippen LogP contribution in [0.5, 0.6) is 0 Å². The average Bonchev–Trinajstić information content (AvgIpc) is 2.53. The molecular formula is C13H22SeSn2. The van der Waals surface area contributed by atoms with Crippen LogP contribution >= 0.6 is 0 Å². The Morgan fingerprint density at radius 2 is 1.62 bits per heavy atom. The standard InChI is InChI=1S/C7H4Se.6CH3.2Sn/c1-2-6-4-5-8-7(6)3-1;;;;;;;;/h3-4H,2H2;6*1H3;;. The van der Waals surface area contributed by atoms with Crippen LogP contribution in [0.25, 0.3) is 6.08 Å². The molecule has 16 heavy (non-hydrogen) atoms. The van der Waals surface area contributed by atoms with Gasteiger partial charge in [0.05, 0.1) is 0 Å². The molecule has 0 amide bonds. The Morgan fingerprint density at radius 1 is 1.00 bits per heavy atom. The van der Waals surface area contributed by atoms with Crippen LogP contribution in [0.2, 0.25) is 29.6 Å². The summed E-state index contributed by atoms with van der Waals surface area (Å²) >= 11 is -2.79. The van der Waals surface area contributed by atoms with Crippen molar-refractivity contribution in [3.8, 4) is 0 Å². The normalized spacial score (nSPS) is 16.2. The molecule has 0 atom stereocenters. The van der Waals surface area contributed by atoms with Crippen LogP contribution in [-0.2, 0) is 6.42 Å². The quantitative estimate of drug-likeness (QED) is 0.555. The molecule has 1 heterocycles. The molecule has 1 aromatic heterocycles. The Hall–Kier alpha value is 1.34. The van der Waals surface area contributed by atoms with E-state index in [-0.39, 0.29) is 0 Å². The fourth-order valence-electron chi connectivity index (χ4n) is 1.97. The van der Waals surface area contributed by atoms with Crippen molar-refractivity contribution in [3.63, 3.8) is 0 Å². The maximum absolute atomic E-state index is 2.60. The van der Waals surface area contributed by atoms with E-state index in [4.69, 9.17) is 0 Å². The molecule has 0 fully saturated rings. The Morgan fingerprint density at radius 3 is 2.06 bits per heavy atom. The molecule has 0 radical (unpaired) electrons. The van der Waals surface area contributed by atoms with Gasteiger partial charge in [-0.05, 0) is 0 Å². The predicted octanol–water partition coefficient (Wildman–Crippen LogP) is 3.11. The second-order valence-corrected chi connectivity index (χ2v) is 40.5. The first-order valence-corrected chi connectivity index (χ1v) is 27.7. The molecular weight excluding hydrogens is 473 g/mol. The zero-order chi connectivity index (χ0) is 12.1. The van der Waals surface area contributed by atoms with Gasteiger partial charge in [0, 0.05) is 0 Å². The Labute approximate surface area is 114 Å². The van der Waals surface area contributed by atoms with E-state index in [9.17, 15) is 0 Å². The van der Waals surface area contributed by atoms with E-state index < -0.39 is 36.8 Å². The fourth-order valence-corrected chi connectivity index (χ4v) is 16.8. The van der Waals surface area contributed by atoms with Gasteiger partial charge in [-0.25, -0.2) is 0 Å². The second-order valence-electron chi connectivity index (χ2n) is 6.85. The minimum absolute atomic E-state index is 0.711. The third kappa shape index (κ3) is 2.84. The predicted molar refractivity (Wildman–Crippen MR) is 81.4 cm³/mol. The summed E-state index contributed by atoms with van der Waals surface area (Å²) in [4.78, 5) is 15.3. The molecule has 0 aliphatic heterocycles. The van der Waals surface area contributed by atoms with Gasteiger partial charge in [0.1, 0.15) is 0 Å². The summed E-state index contributed by atoms with van der Waals surface area (Å²) in [5, 5.41) is 0. The van der Waals surface area contributed by atoms with Gasteiger partial charge in [0.15, 0.2) is 0 Å². The van der Waals surface area contributed by atoms with Crippen molar-refractivity contribution in [1.29, 1.82) is 0 Å². The van der Waals surface area contributed by atoms with Gasteiger partial charge in [-0.1, -0.05) is 0 Å². The summed E-state index contributed by atoms with van der Waals surface area (Å²) in [6, 6.07) is 2.60. The fraction of sp³-hybridized carbons (Fsp3) is 0.538. The SMILES string of the molecule is [CH3][Sn]([CH3])([CH3])[C]1=Cc2[se][c]([Sn]([CH3])([CH3])[CH3])cc2C1. The Kier molecular flexibility index (Phi) is 3.84. The molecule has 0 aromatic carbocycles.